The van der Waals surface area contributed by atoms with Crippen LogP contribution < -0.4 is 14.9 Å². The maximum Gasteiger partial charge on any atom is 0.254 e. The van der Waals surface area contributed by atoms with Crippen LogP contribution in [0.1, 0.15) is 41.8 Å². The number of pyridine rings is 2. The maximum absolute atomic E-state index is 13.3. The Morgan fingerprint density at radius 2 is 1.98 bits per heavy atom. The average Bonchev–Trinajstić information content (AvgIpc) is 3.38. The quantitative estimate of drug-likeness (QED) is 0.284. The smallest absolute Gasteiger partial charge is 0.254 e. The Morgan fingerprint density at radius 1 is 1.20 bits per heavy atom. The lowest BCUT2D eigenvalue weighted by molar-refractivity contribution is 0.00577. The number of nitriles is 1. The van der Waals surface area contributed by atoms with Crippen molar-refractivity contribution in [3.05, 3.63) is 71.7 Å². The van der Waals surface area contributed by atoms with Gasteiger partial charge in [0.15, 0.2) is 0 Å². The van der Waals surface area contributed by atoms with Gasteiger partial charge in [-0.2, -0.15) is 10.4 Å². The first-order valence-corrected chi connectivity index (χ1v) is 13.9. The average molecular weight is 565 g/mol. The number of piperidine rings is 1. The number of carbonyl (C=O) groups is 1. The van der Waals surface area contributed by atoms with Crippen LogP contribution in [-0.2, 0) is 0 Å². The Labute approximate surface area is 240 Å². The summed E-state index contributed by atoms with van der Waals surface area (Å²) in [5.74, 6) is 4.02. The highest BCUT2D eigenvalue weighted by Crippen LogP contribution is 2.36. The predicted octanol–water partition coefficient (Wildman–Crippen LogP) is 3.00. The molecule has 0 aliphatic carbocycles. The predicted molar refractivity (Wildman–Crippen MR) is 159 cm³/mol. The van der Waals surface area contributed by atoms with Crippen LogP contribution in [0.5, 0.6) is 5.75 Å². The Morgan fingerprint density at radius 3 is 2.61 bits per heavy atom. The Balaban J connectivity index is 1.21. The summed E-state index contributed by atoms with van der Waals surface area (Å²) in [6.07, 6.45) is 11.5. The molecule has 0 saturated carbocycles. The molecule has 3 fully saturated rings. The molecule has 3 aliphatic rings. The molecule has 2 bridgehead atoms. The van der Waals surface area contributed by atoms with Crippen molar-refractivity contribution < 1.29 is 14.6 Å². The summed E-state index contributed by atoms with van der Waals surface area (Å²) < 4.78 is 7.45. The van der Waals surface area contributed by atoms with Gasteiger partial charge in [-0.15, -0.1) is 15.7 Å². The molecule has 3 saturated heterocycles. The first-order valence-electron chi connectivity index (χ1n) is 13.3. The molecule has 1 aromatic carbocycles. The van der Waals surface area contributed by atoms with E-state index in [0.29, 0.717) is 35.5 Å². The summed E-state index contributed by atoms with van der Waals surface area (Å²) >= 11 is 0. The molecule has 3 unspecified atom stereocenters. The van der Waals surface area contributed by atoms with E-state index in [1.165, 1.54) is 6.20 Å². The number of rotatable bonds is 6. The van der Waals surface area contributed by atoms with Crippen LogP contribution in [0.2, 0.25) is 0 Å². The van der Waals surface area contributed by atoms with Gasteiger partial charge >= 0.3 is 0 Å². The number of ether oxygens (including phenoxy) is 1. The number of aromatic nitrogens is 3. The van der Waals surface area contributed by atoms with E-state index in [1.807, 2.05) is 35.2 Å². The molecule has 0 spiro atoms. The second kappa shape index (κ2) is 10.2. The maximum atomic E-state index is 13.3. The molecule has 1 amide bonds. The number of piperazine rings is 1. The number of fused-ring (bicyclic) bond motifs is 3. The van der Waals surface area contributed by atoms with Crippen LogP contribution in [0.4, 0.5) is 5.82 Å². The van der Waals surface area contributed by atoms with Crippen molar-refractivity contribution in [1.29, 1.82) is 5.26 Å². The van der Waals surface area contributed by atoms with Gasteiger partial charge in [-0.05, 0) is 62.0 Å². The summed E-state index contributed by atoms with van der Waals surface area (Å²) in [7, 11) is 2.61. The Bertz CT molecular complexity index is 1730. The molecule has 3 aromatic heterocycles. The van der Waals surface area contributed by atoms with Crippen molar-refractivity contribution in [2.45, 2.75) is 38.0 Å². The number of nitrogens with zero attached hydrogens (tertiary/aromatic N) is 6. The highest BCUT2D eigenvalue weighted by atomic mass is 31.0. The van der Waals surface area contributed by atoms with Gasteiger partial charge in [0, 0.05) is 41.5 Å². The molecule has 3 atom stereocenters. The molecular weight excluding hydrogens is 535 g/mol. The third-order valence-corrected chi connectivity index (χ3v) is 8.04. The number of amides is 1. The van der Waals surface area contributed by atoms with Gasteiger partial charge in [0.2, 0.25) is 0 Å². The van der Waals surface area contributed by atoms with Gasteiger partial charge in [-0.1, -0.05) is 5.92 Å². The summed E-state index contributed by atoms with van der Waals surface area (Å²) in [4.78, 5) is 22.2. The lowest BCUT2D eigenvalue weighted by atomic mass is 9.86. The molecule has 0 radical (unpaired) electrons. The fourth-order valence-corrected chi connectivity index (χ4v) is 5.93. The van der Waals surface area contributed by atoms with E-state index in [2.05, 4.69) is 31.2 Å². The first kappa shape index (κ1) is 26.8. The van der Waals surface area contributed by atoms with E-state index in [4.69, 9.17) is 16.1 Å². The monoisotopic (exact) mass is 564 g/mol. The zero-order valence-electron chi connectivity index (χ0n) is 22.8. The summed E-state index contributed by atoms with van der Waals surface area (Å²) in [6.45, 7) is 4.86. The van der Waals surface area contributed by atoms with Crippen molar-refractivity contribution in [2.24, 2.45) is 0 Å². The van der Waals surface area contributed by atoms with E-state index in [0.717, 1.165) is 34.2 Å². The summed E-state index contributed by atoms with van der Waals surface area (Å²) in [5, 5.41) is 24.9. The molecule has 41 heavy (non-hydrogen) atoms. The molecule has 10 heteroatoms. The Hall–Kier alpha value is -4.43. The molecular formula is C31H29N6O3P. The number of aliphatic hydroxyl groups is 1. The minimum absolute atomic E-state index is 0.0336. The number of anilines is 1. The van der Waals surface area contributed by atoms with Crippen molar-refractivity contribution in [2.75, 3.05) is 24.6 Å². The van der Waals surface area contributed by atoms with E-state index >= 15 is 0 Å². The molecule has 9 nitrogen and oxygen atoms in total. The molecule has 206 valence electrons. The lowest BCUT2D eigenvalue weighted by Gasteiger charge is -2.56. The normalized spacial score (nSPS) is 18.0. The van der Waals surface area contributed by atoms with Gasteiger partial charge in [0.05, 0.1) is 41.2 Å². The fraction of sp³-hybridized carbons (Fsp3) is 0.290. The SMILES string of the molecule is C#Cc1ccc(C(=O)N2C3CC2CN(c2ccc(-c4cc(OCC(C)(C)O)cn5ncc(C#N)c45)cn2)C3)cc1P. The van der Waals surface area contributed by atoms with Crippen molar-refractivity contribution in [3.63, 3.8) is 0 Å². The minimum atomic E-state index is -1.000. The van der Waals surface area contributed by atoms with Crippen molar-refractivity contribution in [1.82, 2.24) is 19.5 Å². The third kappa shape index (κ3) is 5.00. The van der Waals surface area contributed by atoms with Crippen LogP contribution in [0.3, 0.4) is 0 Å². The van der Waals surface area contributed by atoms with Crippen LogP contribution >= 0.6 is 9.24 Å². The van der Waals surface area contributed by atoms with Gasteiger partial charge in [0.1, 0.15) is 24.2 Å². The summed E-state index contributed by atoms with van der Waals surface area (Å²) in [6, 6.07) is 13.7. The number of hydrogen-bond acceptors (Lipinski definition) is 7. The van der Waals surface area contributed by atoms with Crippen molar-refractivity contribution in [3.8, 4) is 35.3 Å². The minimum Gasteiger partial charge on any atom is -0.489 e. The molecule has 4 aromatic rings. The summed E-state index contributed by atoms with van der Waals surface area (Å²) in [5.41, 5.74) is 3.09. The molecule has 6 heterocycles. The third-order valence-electron chi connectivity index (χ3n) is 7.56. The Kier molecular flexibility index (Phi) is 6.66. The molecule has 3 aliphatic heterocycles. The fourth-order valence-electron chi connectivity index (χ4n) is 5.57. The van der Waals surface area contributed by atoms with E-state index in [-0.39, 0.29) is 24.6 Å². The van der Waals surface area contributed by atoms with E-state index in [1.54, 1.807) is 36.8 Å². The van der Waals surface area contributed by atoms with Crippen LogP contribution in [0, 0.1) is 23.7 Å². The zero-order valence-corrected chi connectivity index (χ0v) is 23.9. The standard InChI is InChI=1S/C31H29N6O3P/c1-4-19-5-6-20(9-27(19)41)30(38)37-23-10-24(37)16-35(15-23)28-8-7-21(13-33-28)26-11-25(40-18-31(2,3)39)17-36-29(26)22(12-32)14-34-36/h1,5-9,11,13-14,17,23-24,39H,10,15-16,18,41H2,2-3H3. The van der Waals surface area contributed by atoms with E-state index in [9.17, 15) is 15.2 Å². The molecule has 1 N–H and O–H groups in total. The van der Waals surface area contributed by atoms with Gasteiger partial charge in [0.25, 0.3) is 5.91 Å². The number of terminal acetylenes is 1. The van der Waals surface area contributed by atoms with Crippen LogP contribution in [0.15, 0.2) is 55.0 Å². The molecule has 7 rings (SSSR count). The number of hydrogen-bond donors (Lipinski definition) is 1. The van der Waals surface area contributed by atoms with Gasteiger partial charge in [-0.3, -0.25) is 4.79 Å². The first-order chi connectivity index (χ1) is 19.6. The van der Waals surface area contributed by atoms with Crippen LogP contribution in [-0.4, -0.2) is 67.9 Å². The number of carbonyl (C=O) groups excluding carboxylic acids is 1. The lowest BCUT2D eigenvalue weighted by Crippen LogP contribution is -2.70. The second-order valence-corrected chi connectivity index (χ2v) is 11.8. The van der Waals surface area contributed by atoms with Crippen molar-refractivity contribution >= 4 is 31.8 Å². The van der Waals surface area contributed by atoms with E-state index < -0.39 is 5.60 Å². The largest absolute Gasteiger partial charge is 0.489 e. The second-order valence-electron chi connectivity index (χ2n) is 11.2. The highest BCUT2D eigenvalue weighted by Gasteiger charge is 2.47. The highest BCUT2D eigenvalue weighted by molar-refractivity contribution is 7.27. The number of benzene rings is 1. The van der Waals surface area contributed by atoms with Gasteiger partial charge < -0.3 is 19.6 Å². The van der Waals surface area contributed by atoms with Crippen LogP contribution in [0.25, 0.3) is 16.6 Å². The van der Waals surface area contributed by atoms with Gasteiger partial charge in [-0.25, -0.2) is 9.50 Å². The topological polar surface area (TPSA) is 107 Å². The zero-order chi connectivity index (χ0) is 28.9.